The van der Waals surface area contributed by atoms with Gasteiger partial charge < -0.3 is 5.43 Å². The van der Waals surface area contributed by atoms with E-state index in [1.54, 1.807) is 0 Å². The lowest BCUT2D eigenvalue weighted by Gasteiger charge is -2.16. The average Bonchev–Trinajstić information content (AvgIpc) is 2.43. The van der Waals surface area contributed by atoms with E-state index in [2.05, 4.69) is 10.1 Å². The molecule has 0 aromatic heterocycles. The Hall–Kier alpha value is -1.71. The highest BCUT2D eigenvalue weighted by molar-refractivity contribution is 7.89. The first-order chi connectivity index (χ1) is 9.69. The van der Waals surface area contributed by atoms with E-state index in [0.29, 0.717) is 5.92 Å². The monoisotopic (exact) mass is 316 g/mol. The summed E-state index contributed by atoms with van der Waals surface area (Å²) in [6.45, 7) is 6.07. The summed E-state index contributed by atoms with van der Waals surface area (Å²) in [5.74, 6) is 5.58. The van der Waals surface area contributed by atoms with Crippen LogP contribution in [0.4, 0.5) is 11.4 Å². The highest BCUT2D eigenvalue weighted by atomic mass is 32.2. The molecular formula is C12H20N4O4S. The fourth-order valence-electron chi connectivity index (χ4n) is 1.53. The largest absolute Gasteiger partial charge is 0.324 e. The molecule has 0 radical (unpaired) electrons. The summed E-state index contributed by atoms with van der Waals surface area (Å²) in [4.78, 5) is 9.91. The quantitative estimate of drug-likeness (QED) is 0.397. The van der Waals surface area contributed by atoms with Gasteiger partial charge in [-0.05, 0) is 24.0 Å². The molecule has 0 amide bonds. The number of benzene rings is 1. The highest BCUT2D eigenvalue weighted by Gasteiger charge is 2.26. The lowest BCUT2D eigenvalue weighted by molar-refractivity contribution is -0.387. The van der Waals surface area contributed by atoms with Crippen molar-refractivity contribution in [2.75, 3.05) is 12.0 Å². The fraction of sp³-hybridized carbons (Fsp3) is 0.500. The molecule has 21 heavy (non-hydrogen) atoms. The molecule has 9 heteroatoms. The second-order valence-electron chi connectivity index (χ2n) is 5.16. The van der Waals surface area contributed by atoms with E-state index < -0.39 is 20.6 Å². The normalized spacial score (nSPS) is 13.2. The van der Waals surface area contributed by atoms with Gasteiger partial charge in [0.2, 0.25) is 10.0 Å². The van der Waals surface area contributed by atoms with Gasteiger partial charge >= 0.3 is 0 Å². The maximum absolute atomic E-state index is 12.2. The van der Waals surface area contributed by atoms with Crippen molar-refractivity contribution in [1.29, 1.82) is 0 Å². The van der Waals surface area contributed by atoms with Gasteiger partial charge in [0.1, 0.15) is 0 Å². The third-order valence-electron chi connectivity index (χ3n) is 3.35. The Balaban J connectivity index is 3.10. The van der Waals surface area contributed by atoms with Crippen molar-refractivity contribution in [2.24, 2.45) is 17.7 Å². The predicted molar refractivity (Wildman–Crippen MR) is 80.1 cm³/mol. The zero-order chi connectivity index (χ0) is 16.2. The molecule has 1 atom stereocenters. The first-order valence-corrected chi connectivity index (χ1v) is 7.92. The second-order valence-corrected chi connectivity index (χ2v) is 6.89. The summed E-state index contributed by atoms with van der Waals surface area (Å²) in [5, 5.41) is 11.0. The topological polar surface area (TPSA) is 127 Å². The van der Waals surface area contributed by atoms with Gasteiger partial charge in [-0.15, -0.1) is 0 Å². The third-order valence-corrected chi connectivity index (χ3v) is 4.82. The second kappa shape index (κ2) is 6.83. The molecule has 0 saturated heterocycles. The highest BCUT2D eigenvalue weighted by Crippen LogP contribution is 2.27. The van der Waals surface area contributed by atoms with Crippen molar-refractivity contribution in [2.45, 2.75) is 25.7 Å². The van der Waals surface area contributed by atoms with Gasteiger partial charge in [-0.2, -0.15) is 0 Å². The first kappa shape index (κ1) is 17.3. The number of nitrogens with two attached hydrogens (primary N) is 1. The van der Waals surface area contributed by atoms with Crippen LogP contribution < -0.4 is 16.0 Å². The number of nitro benzene ring substituents is 1. The third kappa shape index (κ3) is 4.38. The molecule has 1 unspecified atom stereocenters. The maximum atomic E-state index is 12.2. The standard InChI is InChI=1S/C12H20N4O4S/c1-8(2)9(3)7-14-21(19,20)12-5-4-10(15-13)6-11(12)16(17)18/h4-6,8-9,14-15H,7,13H2,1-3H3. The van der Waals surface area contributed by atoms with Crippen LogP contribution in [0.5, 0.6) is 0 Å². The molecule has 1 aromatic carbocycles. The van der Waals surface area contributed by atoms with Crippen LogP contribution in [-0.2, 0) is 10.0 Å². The number of nitrogen functional groups attached to an aromatic ring is 1. The zero-order valence-electron chi connectivity index (χ0n) is 12.2. The summed E-state index contributed by atoms with van der Waals surface area (Å²) < 4.78 is 26.8. The Labute approximate surface area is 123 Å². The van der Waals surface area contributed by atoms with Gasteiger partial charge in [0.05, 0.1) is 10.6 Å². The number of hydrogen-bond acceptors (Lipinski definition) is 6. The van der Waals surface area contributed by atoms with Crippen LogP contribution >= 0.6 is 0 Å². The van der Waals surface area contributed by atoms with Crippen LogP contribution in [0.3, 0.4) is 0 Å². The number of nitrogens with zero attached hydrogens (tertiary/aromatic N) is 1. The van der Waals surface area contributed by atoms with E-state index in [1.165, 1.54) is 6.07 Å². The van der Waals surface area contributed by atoms with Crippen molar-refractivity contribution in [3.8, 4) is 0 Å². The first-order valence-electron chi connectivity index (χ1n) is 6.43. The lowest BCUT2D eigenvalue weighted by atomic mass is 9.99. The fourth-order valence-corrected chi connectivity index (χ4v) is 2.83. The van der Waals surface area contributed by atoms with Crippen LogP contribution in [0.1, 0.15) is 20.8 Å². The molecule has 0 aliphatic carbocycles. The molecule has 0 heterocycles. The molecule has 0 saturated carbocycles. The van der Waals surface area contributed by atoms with E-state index in [0.717, 1.165) is 12.1 Å². The van der Waals surface area contributed by atoms with E-state index in [4.69, 9.17) is 5.84 Å². The number of anilines is 1. The molecule has 0 aliphatic heterocycles. The van der Waals surface area contributed by atoms with Crippen molar-refractivity contribution in [3.63, 3.8) is 0 Å². The van der Waals surface area contributed by atoms with Gasteiger partial charge in [0, 0.05) is 12.6 Å². The molecule has 118 valence electrons. The van der Waals surface area contributed by atoms with Crippen LogP contribution in [0.15, 0.2) is 23.1 Å². The molecule has 0 fully saturated rings. The van der Waals surface area contributed by atoms with Crippen LogP contribution in [-0.4, -0.2) is 19.9 Å². The van der Waals surface area contributed by atoms with Crippen LogP contribution in [0, 0.1) is 22.0 Å². The Morgan fingerprint density at radius 3 is 2.43 bits per heavy atom. The minimum Gasteiger partial charge on any atom is -0.324 e. The van der Waals surface area contributed by atoms with E-state index in [-0.39, 0.29) is 23.0 Å². The van der Waals surface area contributed by atoms with Crippen molar-refractivity contribution >= 4 is 21.4 Å². The molecule has 8 nitrogen and oxygen atoms in total. The smallest absolute Gasteiger partial charge is 0.291 e. The molecule has 0 aliphatic rings. The Bertz CT molecular complexity index is 616. The summed E-state index contributed by atoms with van der Waals surface area (Å²) >= 11 is 0. The number of sulfonamides is 1. The van der Waals surface area contributed by atoms with Crippen molar-refractivity contribution in [3.05, 3.63) is 28.3 Å². The van der Waals surface area contributed by atoms with Gasteiger partial charge in [-0.1, -0.05) is 20.8 Å². The zero-order valence-corrected chi connectivity index (χ0v) is 13.0. The Morgan fingerprint density at radius 1 is 1.33 bits per heavy atom. The van der Waals surface area contributed by atoms with Crippen LogP contribution in [0.2, 0.25) is 0 Å². The molecule has 0 spiro atoms. The molecule has 0 bridgehead atoms. The van der Waals surface area contributed by atoms with Crippen molar-refractivity contribution in [1.82, 2.24) is 4.72 Å². The minimum atomic E-state index is -3.95. The van der Waals surface area contributed by atoms with Gasteiger partial charge in [0.25, 0.3) is 5.69 Å². The van der Waals surface area contributed by atoms with Gasteiger partial charge in [-0.3, -0.25) is 16.0 Å². The van der Waals surface area contributed by atoms with Crippen LogP contribution in [0.25, 0.3) is 0 Å². The maximum Gasteiger partial charge on any atom is 0.291 e. The lowest BCUT2D eigenvalue weighted by Crippen LogP contribution is -2.30. The number of hydrazine groups is 1. The Kier molecular flexibility index (Phi) is 5.64. The van der Waals surface area contributed by atoms with E-state index >= 15 is 0 Å². The molecule has 1 aromatic rings. The van der Waals surface area contributed by atoms with Gasteiger partial charge in [0.15, 0.2) is 4.90 Å². The number of nitrogens with one attached hydrogen (secondary N) is 2. The number of nitro groups is 1. The summed E-state index contributed by atoms with van der Waals surface area (Å²) in [6, 6.07) is 3.61. The molecule has 1 rings (SSSR count). The van der Waals surface area contributed by atoms with E-state index in [1.807, 2.05) is 20.8 Å². The average molecular weight is 316 g/mol. The minimum absolute atomic E-state index is 0.115. The summed E-state index contributed by atoms with van der Waals surface area (Å²) in [6.07, 6.45) is 0. The Morgan fingerprint density at radius 2 is 1.95 bits per heavy atom. The number of hydrogen-bond donors (Lipinski definition) is 3. The number of rotatable bonds is 7. The molecular weight excluding hydrogens is 296 g/mol. The summed E-state index contributed by atoms with van der Waals surface area (Å²) in [5.41, 5.74) is 1.99. The van der Waals surface area contributed by atoms with Crippen molar-refractivity contribution < 1.29 is 13.3 Å². The van der Waals surface area contributed by atoms with Gasteiger partial charge in [-0.25, -0.2) is 13.1 Å². The molecule has 4 N–H and O–H groups in total. The SMILES string of the molecule is CC(C)C(C)CNS(=O)(=O)c1ccc(NN)cc1[N+](=O)[O-]. The predicted octanol–water partition coefficient (Wildman–Crippen LogP) is 1.45. The summed E-state index contributed by atoms with van der Waals surface area (Å²) in [7, 11) is -3.95. The van der Waals surface area contributed by atoms with E-state index in [9.17, 15) is 18.5 Å².